The van der Waals surface area contributed by atoms with Gasteiger partial charge in [-0.25, -0.2) is 4.39 Å². The Morgan fingerprint density at radius 2 is 2.07 bits per heavy atom. The van der Waals surface area contributed by atoms with Gasteiger partial charge >= 0.3 is 0 Å². The van der Waals surface area contributed by atoms with E-state index in [2.05, 4.69) is 27.4 Å². The molecule has 0 radical (unpaired) electrons. The summed E-state index contributed by atoms with van der Waals surface area (Å²) < 4.78 is 13.1. The summed E-state index contributed by atoms with van der Waals surface area (Å²) >= 11 is 0. The van der Waals surface area contributed by atoms with Crippen LogP contribution in [0.3, 0.4) is 0 Å². The van der Waals surface area contributed by atoms with E-state index in [4.69, 9.17) is 0 Å². The first-order valence-corrected chi connectivity index (χ1v) is 6.37. The predicted octanol–water partition coefficient (Wildman–Crippen LogP) is 4.75. The summed E-state index contributed by atoms with van der Waals surface area (Å²) in [6.07, 6.45) is 4.37. The quantitative estimate of drug-likeness (QED) is 0.577. The fourth-order valence-corrected chi connectivity index (χ4v) is 2.59. The second-order valence-corrected chi connectivity index (χ2v) is 5.33. The molecule has 88 valence electrons. The highest BCUT2D eigenvalue weighted by Gasteiger charge is 2.28. The zero-order valence-corrected chi connectivity index (χ0v) is 10.4. The first-order chi connectivity index (χ1) is 7.04. The average molecular weight is 212 g/mol. The molecule has 0 aromatic rings. The van der Waals surface area contributed by atoms with Crippen LogP contribution in [0.15, 0.2) is 12.2 Å². The summed E-state index contributed by atoms with van der Waals surface area (Å²) in [5.74, 6) is 1.79. The maximum Gasteiger partial charge on any atom is 0.101 e. The van der Waals surface area contributed by atoms with Gasteiger partial charge in [-0.2, -0.15) is 0 Å². The molecule has 0 aliphatic heterocycles. The molecule has 1 aliphatic rings. The van der Waals surface area contributed by atoms with Crippen LogP contribution in [0, 0.1) is 17.8 Å². The monoisotopic (exact) mass is 212 g/mol. The number of rotatable bonds is 5. The number of allylic oxidation sites excluding steroid dienone is 1. The lowest BCUT2D eigenvalue weighted by Crippen LogP contribution is -2.11. The van der Waals surface area contributed by atoms with Gasteiger partial charge in [-0.3, -0.25) is 0 Å². The second kappa shape index (κ2) is 5.67. The highest BCUT2D eigenvalue weighted by Crippen LogP contribution is 2.37. The molecule has 0 N–H and O–H groups in total. The third-order valence-corrected chi connectivity index (χ3v) is 3.98. The van der Waals surface area contributed by atoms with Crippen LogP contribution in [0.4, 0.5) is 4.39 Å². The van der Waals surface area contributed by atoms with Crippen LogP contribution in [0.1, 0.15) is 52.9 Å². The summed E-state index contributed by atoms with van der Waals surface area (Å²) in [5, 5.41) is 0. The molecule has 0 amide bonds. The molecule has 4 atom stereocenters. The molecule has 1 saturated carbocycles. The summed E-state index contributed by atoms with van der Waals surface area (Å²) in [6, 6.07) is 0. The molecule has 1 fully saturated rings. The van der Waals surface area contributed by atoms with Crippen molar-refractivity contribution in [3.8, 4) is 0 Å². The molecule has 0 spiro atoms. The van der Waals surface area contributed by atoms with E-state index in [-0.39, 0.29) is 0 Å². The Hall–Kier alpha value is -0.330. The van der Waals surface area contributed by atoms with Crippen molar-refractivity contribution in [1.82, 2.24) is 0 Å². The molecule has 4 unspecified atom stereocenters. The Balaban J connectivity index is 2.39. The number of hydrogen-bond acceptors (Lipinski definition) is 0. The van der Waals surface area contributed by atoms with Gasteiger partial charge in [0.25, 0.3) is 0 Å². The van der Waals surface area contributed by atoms with Crippen LogP contribution in [0.25, 0.3) is 0 Å². The fraction of sp³-hybridized carbons (Fsp3) is 0.857. The molecule has 0 heterocycles. The lowest BCUT2D eigenvalue weighted by molar-refractivity contribution is 0.331. The lowest BCUT2D eigenvalue weighted by atomic mass is 9.83. The van der Waals surface area contributed by atoms with E-state index in [0.29, 0.717) is 11.8 Å². The average Bonchev–Trinajstić information content (AvgIpc) is 2.63. The number of hydrogen-bond donors (Lipinski definition) is 0. The van der Waals surface area contributed by atoms with Crippen LogP contribution in [-0.4, -0.2) is 6.17 Å². The van der Waals surface area contributed by atoms with Gasteiger partial charge < -0.3 is 0 Å². The molecule has 0 nitrogen and oxygen atoms in total. The Morgan fingerprint density at radius 1 is 1.40 bits per heavy atom. The van der Waals surface area contributed by atoms with E-state index in [1.165, 1.54) is 18.4 Å². The van der Waals surface area contributed by atoms with Gasteiger partial charge in [-0.1, -0.05) is 39.3 Å². The summed E-state index contributed by atoms with van der Waals surface area (Å²) in [4.78, 5) is 0. The molecule has 1 aliphatic carbocycles. The normalized spacial score (nSPS) is 30.1. The molecule has 15 heavy (non-hydrogen) atoms. The van der Waals surface area contributed by atoms with E-state index in [0.717, 1.165) is 25.2 Å². The maximum absolute atomic E-state index is 13.1. The summed E-state index contributed by atoms with van der Waals surface area (Å²) in [7, 11) is 0. The van der Waals surface area contributed by atoms with Gasteiger partial charge in [-0.05, 0) is 43.4 Å². The van der Waals surface area contributed by atoms with Gasteiger partial charge in [-0.15, -0.1) is 0 Å². The Morgan fingerprint density at radius 3 is 2.53 bits per heavy atom. The van der Waals surface area contributed by atoms with E-state index in [9.17, 15) is 4.39 Å². The minimum atomic E-state index is -0.567. The second-order valence-electron chi connectivity index (χ2n) is 5.33. The first-order valence-electron chi connectivity index (χ1n) is 6.37. The molecule has 0 bridgehead atoms. The van der Waals surface area contributed by atoms with Crippen LogP contribution >= 0.6 is 0 Å². The van der Waals surface area contributed by atoms with Crippen molar-refractivity contribution in [1.29, 1.82) is 0 Å². The molecule has 0 aromatic carbocycles. The number of alkyl halides is 1. The molecule has 1 heteroatoms. The highest BCUT2D eigenvalue weighted by atomic mass is 19.1. The summed E-state index contributed by atoms with van der Waals surface area (Å²) in [6.45, 7) is 11.0. The Bertz CT molecular complexity index is 209. The van der Waals surface area contributed by atoms with Crippen molar-refractivity contribution in [3.63, 3.8) is 0 Å². The lowest BCUT2D eigenvalue weighted by Gasteiger charge is -2.22. The molecule has 0 aromatic heterocycles. The fourth-order valence-electron chi connectivity index (χ4n) is 2.59. The molecular formula is C14H25F. The van der Waals surface area contributed by atoms with Gasteiger partial charge in [0.1, 0.15) is 6.17 Å². The Labute approximate surface area is 94.0 Å². The van der Waals surface area contributed by atoms with Gasteiger partial charge in [0, 0.05) is 0 Å². The zero-order chi connectivity index (χ0) is 11.4. The van der Waals surface area contributed by atoms with Gasteiger partial charge in [0.15, 0.2) is 0 Å². The minimum Gasteiger partial charge on any atom is -0.247 e. The van der Waals surface area contributed by atoms with E-state index < -0.39 is 6.17 Å². The zero-order valence-electron chi connectivity index (χ0n) is 10.4. The van der Waals surface area contributed by atoms with Crippen molar-refractivity contribution < 1.29 is 4.39 Å². The molecule has 1 rings (SSSR count). The van der Waals surface area contributed by atoms with Crippen LogP contribution in [-0.2, 0) is 0 Å². The smallest absolute Gasteiger partial charge is 0.101 e. The molecule has 0 saturated heterocycles. The van der Waals surface area contributed by atoms with Crippen molar-refractivity contribution >= 4 is 0 Å². The van der Waals surface area contributed by atoms with Crippen LogP contribution < -0.4 is 0 Å². The third-order valence-electron chi connectivity index (χ3n) is 3.98. The predicted molar refractivity (Wildman–Crippen MR) is 64.6 cm³/mol. The molecular weight excluding hydrogens is 187 g/mol. The first kappa shape index (κ1) is 12.7. The highest BCUT2D eigenvalue weighted by molar-refractivity contribution is 5.07. The van der Waals surface area contributed by atoms with Crippen molar-refractivity contribution in [3.05, 3.63) is 12.2 Å². The van der Waals surface area contributed by atoms with Crippen LogP contribution in [0.2, 0.25) is 0 Å². The minimum absolute atomic E-state index is 0.457. The Kier molecular flexibility index (Phi) is 4.82. The van der Waals surface area contributed by atoms with E-state index in [1.54, 1.807) is 0 Å². The SMILES string of the molecule is C=C(C(C)CC(C)CC)C1CCC(F)C1. The third kappa shape index (κ3) is 3.62. The largest absolute Gasteiger partial charge is 0.247 e. The standard InChI is InChI=1S/C14H25F/c1-5-10(2)8-11(3)12(4)13-6-7-14(15)9-13/h10-11,13-14H,4-9H2,1-3H3. The van der Waals surface area contributed by atoms with Crippen molar-refractivity contribution in [2.45, 2.75) is 59.0 Å². The van der Waals surface area contributed by atoms with Crippen molar-refractivity contribution in [2.75, 3.05) is 0 Å². The van der Waals surface area contributed by atoms with Gasteiger partial charge in [0.05, 0.1) is 0 Å². The van der Waals surface area contributed by atoms with Crippen molar-refractivity contribution in [2.24, 2.45) is 17.8 Å². The number of halogens is 1. The summed E-state index contributed by atoms with van der Waals surface area (Å²) in [5.41, 5.74) is 1.30. The van der Waals surface area contributed by atoms with E-state index in [1.807, 2.05) is 0 Å². The van der Waals surface area contributed by atoms with Crippen LogP contribution in [0.5, 0.6) is 0 Å². The maximum atomic E-state index is 13.1. The topological polar surface area (TPSA) is 0 Å². The van der Waals surface area contributed by atoms with E-state index >= 15 is 0 Å². The van der Waals surface area contributed by atoms with Gasteiger partial charge in [0.2, 0.25) is 0 Å².